The number of aromatic nitrogens is 4. The second-order valence-electron chi connectivity index (χ2n) is 3.79. The number of hydrogen-bond donors (Lipinski definition) is 1. The molecule has 0 unspecified atom stereocenters. The summed E-state index contributed by atoms with van der Waals surface area (Å²) >= 11 is 9.64. The van der Waals surface area contributed by atoms with E-state index in [4.69, 9.17) is 11.6 Å². The zero-order chi connectivity index (χ0) is 13.3. The molecule has 0 bridgehead atoms. The maximum atomic E-state index is 6.14. The van der Waals surface area contributed by atoms with E-state index in [1.165, 1.54) is 6.33 Å². The Morgan fingerprint density at radius 3 is 2.67 bits per heavy atom. The predicted molar refractivity (Wildman–Crippen MR) is 75.5 cm³/mol. The summed E-state index contributed by atoms with van der Waals surface area (Å²) in [7, 11) is 0. The van der Waals surface area contributed by atoms with Crippen molar-refractivity contribution in [2.24, 2.45) is 0 Å². The Labute approximate surface area is 119 Å². The van der Waals surface area contributed by atoms with Gasteiger partial charge in [0, 0.05) is 6.54 Å². The Bertz CT molecular complexity index is 581. The molecular weight excluding hydrogens is 318 g/mol. The fraction of sp³-hybridized carbons (Fsp3) is 0.364. The average molecular weight is 331 g/mol. The second-order valence-corrected chi connectivity index (χ2v) is 4.96. The van der Waals surface area contributed by atoms with E-state index < -0.39 is 0 Å². The zero-order valence-electron chi connectivity index (χ0n) is 10.3. The van der Waals surface area contributed by atoms with Crippen molar-refractivity contribution >= 4 is 33.3 Å². The lowest BCUT2D eigenvalue weighted by atomic mass is 10.4. The molecule has 0 saturated carbocycles. The van der Waals surface area contributed by atoms with Gasteiger partial charge in [-0.1, -0.05) is 11.6 Å². The van der Waals surface area contributed by atoms with Gasteiger partial charge in [0.15, 0.2) is 5.82 Å². The SMILES string of the molecule is CCNc1ncnc(-n2nc(C)c(Cl)c2C)c1Br. The van der Waals surface area contributed by atoms with Crippen LogP contribution < -0.4 is 5.32 Å². The van der Waals surface area contributed by atoms with Gasteiger partial charge in [0.05, 0.1) is 16.4 Å². The molecule has 0 amide bonds. The van der Waals surface area contributed by atoms with Crippen LogP contribution in [-0.2, 0) is 0 Å². The highest BCUT2D eigenvalue weighted by molar-refractivity contribution is 9.10. The Balaban J connectivity index is 2.57. The van der Waals surface area contributed by atoms with Gasteiger partial charge in [-0.15, -0.1) is 0 Å². The summed E-state index contributed by atoms with van der Waals surface area (Å²) in [5.74, 6) is 1.42. The molecular formula is C11H13BrClN5. The molecule has 18 heavy (non-hydrogen) atoms. The summed E-state index contributed by atoms with van der Waals surface area (Å²) in [5, 5.41) is 8.19. The summed E-state index contributed by atoms with van der Waals surface area (Å²) in [6.07, 6.45) is 1.50. The van der Waals surface area contributed by atoms with E-state index in [-0.39, 0.29) is 0 Å². The molecule has 2 heterocycles. The van der Waals surface area contributed by atoms with Gasteiger partial charge in [0.1, 0.15) is 16.6 Å². The third-order valence-electron chi connectivity index (χ3n) is 2.52. The molecule has 0 saturated heterocycles. The maximum absolute atomic E-state index is 6.14. The van der Waals surface area contributed by atoms with Crippen molar-refractivity contribution in [1.82, 2.24) is 19.7 Å². The van der Waals surface area contributed by atoms with Crippen LogP contribution in [0.4, 0.5) is 5.82 Å². The van der Waals surface area contributed by atoms with Gasteiger partial charge in [0.2, 0.25) is 0 Å². The first-order valence-corrected chi connectivity index (χ1v) is 6.69. The molecule has 0 aliphatic heterocycles. The van der Waals surface area contributed by atoms with E-state index in [0.717, 1.165) is 28.2 Å². The van der Waals surface area contributed by atoms with Crippen LogP contribution in [0.1, 0.15) is 18.3 Å². The number of nitrogens with zero attached hydrogens (tertiary/aromatic N) is 4. The van der Waals surface area contributed by atoms with Crippen molar-refractivity contribution in [1.29, 1.82) is 0 Å². The third-order valence-corrected chi connectivity index (χ3v) is 3.80. The molecule has 2 rings (SSSR count). The van der Waals surface area contributed by atoms with Gasteiger partial charge in [-0.2, -0.15) is 5.10 Å². The Morgan fingerprint density at radius 1 is 1.39 bits per heavy atom. The minimum Gasteiger partial charge on any atom is -0.369 e. The standard InChI is InChI=1S/C11H13BrClN5/c1-4-14-10-8(12)11(16-5-15-10)18-7(3)9(13)6(2)17-18/h5H,4H2,1-3H3,(H,14,15,16). The van der Waals surface area contributed by atoms with E-state index in [1.807, 2.05) is 20.8 Å². The van der Waals surface area contributed by atoms with E-state index >= 15 is 0 Å². The van der Waals surface area contributed by atoms with E-state index in [2.05, 4.69) is 36.3 Å². The van der Waals surface area contributed by atoms with Gasteiger partial charge in [-0.05, 0) is 36.7 Å². The average Bonchev–Trinajstić information content (AvgIpc) is 2.60. The van der Waals surface area contributed by atoms with Crippen LogP contribution in [0.3, 0.4) is 0 Å². The molecule has 0 fully saturated rings. The minimum absolute atomic E-state index is 0.658. The monoisotopic (exact) mass is 329 g/mol. The number of nitrogens with one attached hydrogen (secondary N) is 1. The highest BCUT2D eigenvalue weighted by Crippen LogP contribution is 2.28. The van der Waals surface area contributed by atoms with Crippen molar-refractivity contribution in [3.8, 4) is 5.82 Å². The molecule has 0 radical (unpaired) electrons. The number of halogens is 2. The molecule has 0 atom stereocenters. The highest BCUT2D eigenvalue weighted by atomic mass is 79.9. The van der Waals surface area contributed by atoms with Gasteiger partial charge < -0.3 is 5.32 Å². The summed E-state index contributed by atoms with van der Waals surface area (Å²) < 4.78 is 2.48. The van der Waals surface area contributed by atoms with Crippen LogP contribution in [0, 0.1) is 13.8 Å². The van der Waals surface area contributed by atoms with Crippen LogP contribution in [0.15, 0.2) is 10.8 Å². The van der Waals surface area contributed by atoms with Crippen molar-refractivity contribution in [3.05, 3.63) is 27.2 Å². The normalized spacial score (nSPS) is 10.7. The number of aryl methyl sites for hydroxylation is 1. The van der Waals surface area contributed by atoms with Crippen LogP contribution >= 0.6 is 27.5 Å². The van der Waals surface area contributed by atoms with Crippen molar-refractivity contribution < 1.29 is 0 Å². The summed E-state index contributed by atoms with van der Waals surface area (Å²) in [4.78, 5) is 8.42. The summed E-state index contributed by atoms with van der Waals surface area (Å²) in [6, 6.07) is 0. The second kappa shape index (κ2) is 5.24. The first-order chi connectivity index (χ1) is 8.56. The van der Waals surface area contributed by atoms with Crippen molar-refractivity contribution in [2.45, 2.75) is 20.8 Å². The minimum atomic E-state index is 0.658. The maximum Gasteiger partial charge on any atom is 0.173 e. The number of anilines is 1. The summed E-state index contributed by atoms with van der Waals surface area (Å²) in [5.41, 5.74) is 1.64. The summed E-state index contributed by atoms with van der Waals surface area (Å²) in [6.45, 7) is 6.57. The van der Waals surface area contributed by atoms with E-state index in [9.17, 15) is 0 Å². The molecule has 5 nitrogen and oxygen atoms in total. The lowest BCUT2D eigenvalue weighted by Crippen LogP contribution is -2.07. The topological polar surface area (TPSA) is 55.6 Å². The van der Waals surface area contributed by atoms with Crippen molar-refractivity contribution in [2.75, 3.05) is 11.9 Å². The zero-order valence-corrected chi connectivity index (χ0v) is 12.7. The van der Waals surface area contributed by atoms with Gasteiger partial charge in [0.25, 0.3) is 0 Å². The molecule has 0 spiro atoms. The molecule has 0 aromatic carbocycles. The van der Waals surface area contributed by atoms with E-state index in [1.54, 1.807) is 4.68 Å². The molecule has 96 valence electrons. The molecule has 2 aromatic heterocycles. The van der Waals surface area contributed by atoms with Gasteiger partial charge in [-0.25, -0.2) is 14.6 Å². The van der Waals surface area contributed by atoms with Crippen LogP contribution in [-0.4, -0.2) is 26.3 Å². The first kappa shape index (κ1) is 13.3. The fourth-order valence-electron chi connectivity index (χ4n) is 1.63. The largest absolute Gasteiger partial charge is 0.369 e. The number of rotatable bonds is 3. The number of hydrogen-bond acceptors (Lipinski definition) is 4. The molecule has 7 heteroatoms. The van der Waals surface area contributed by atoms with Gasteiger partial charge in [-0.3, -0.25) is 0 Å². The van der Waals surface area contributed by atoms with Crippen molar-refractivity contribution in [3.63, 3.8) is 0 Å². The predicted octanol–water partition coefficient (Wildman–Crippen LogP) is 3.13. The highest BCUT2D eigenvalue weighted by Gasteiger charge is 2.16. The molecule has 2 aromatic rings. The van der Waals surface area contributed by atoms with Gasteiger partial charge >= 0.3 is 0 Å². The Morgan fingerprint density at radius 2 is 2.11 bits per heavy atom. The Kier molecular flexibility index (Phi) is 3.87. The molecule has 0 aliphatic carbocycles. The van der Waals surface area contributed by atoms with Crippen LogP contribution in [0.5, 0.6) is 0 Å². The third kappa shape index (κ3) is 2.22. The fourth-order valence-corrected chi connectivity index (χ4v) is 2.26. The van der Waals surface area contributed by atoms with E-state index in [0.29, 0.717) is 10.8 Å². The smallest absolute Gasteiger partial charge is 0.173 e. The van der Waals surface area contributed by atoms with Crippen LogP contribution in [0.25, 0.3) is 5.82 Å². The van der Waals surface area contributed by atoms with Crippen LogP contribution in [0.2, 0.25) is 5.02 Å². The lowest BCUT2D eigenvalue weighted by Gasteiger charge is -2.09. The molecule has 1 N–H and O–H groups in total. The lowest BCUT2D eigenvalue weighted by molar-refractivity contribution is 0.796. The first-order valence-electron chi connectivity index (χ1n) is 5.52. The Hall–Kier alpha value is -1.14. The molecule has 0 aliphatic rings. The quantitative estimate of drug-likeness (QED) is 0.939.